The topological polar surface area (TPSA) is 27.7 Å². The summed E-state index contributed by atoms with van der Waals surface area (Å²) in [5.41, 5.74) is 0. The normalized spacial score (nSPS) is 19.4. The minimum absolute atomic E-state index is 0.116. The van der Waals surface area contributed by atoms with Crippen molar-refractivity contribution >= 4 is 0 Å². The first-order valence-corrected chi connectivity index (χ1v) is 4.77. The van der Waals surface area contributed by atoms with E-state index in [1.54, 1.807) is 7.11 Å². The van der Waals surface area contributed by atoms with Crippen LogP contribution in [0.1, 0.15) is 6.42 Å². The molecule has 2 rings (SSSR count). The van der Waals surface area contributed by atoms with Gasteiger partial charge in [0.05, 0.1) is 0 Å². The minimum Gasteiger partial charge on any atom is -0.486 e. The van der Waals surface area contributed by atoms with Gasteiger partial charge in [0, 0.05) is 20.1 Å². The SMILES string of the molecule is COCCC1COc2ccccc2O1. The van der Waals surface area contributed by atoms with Gasteiger partial charge in [0.2, 0.25) is 0 Å². The number of rotatable bonds is 3. The van der Waals surface area contributed by atoms with E-state index in [-0.39, 0.29) is 6.10 Å². The Balaban J connectivity index is 1.99. The molecule has 0 radical (unpaired) electrons. The van der Waals surface area contributed by atoms with E-state index in [1.807, 2.05) is 24.3 Å². The molecule has 0 aromatic heterocycles. The number of benzene rings is 1. The Hall–Kier alpha value is -1.22. The molecule has 0 bridgehead atoms. The molecule has 1 heterocycles. The highest BCUT2D eigenvalue weighted by Crippen LogP contribution is 2.31. The Bertz CT molecular complexity index is 298. The van der Waals surface area contributed by atoms with E-state index in [0.29, 0.717) is 13.2 Å². The van der Waals surface area contributed by atoms with Crippen LogP contribution in [0, 0.1) is 0 Å². The predicted octanol–water partition coefficient (Wildman–Crippen LogP) is 1.86. The average molecular weight is 194 g/mol. The van der Waals surface area contributed by atoms with Crippen molar-refractivity contribution in [2.75, 3.05) is 20.3 Å². The third-order valence-electron chi connectivity index (χ3n) is 2.21. The van der Waals surface area contributed by atoms with Crippen LogP contribution in [0.3, 0.4) is 0 Å². The van der Waals surface area contributed by atoms with Gasteiger partial charge in [-0.3, -0.25) is 0 Å². The fourth-order valence-corrected chi connectivity index (χ4v) is 1.45. The molecular formula is C11H14O3. The van der Waals surface area contributed by atoms with Gasteiger partial charge < -0.3 is 14.2 Å². The van der Waals surface area contributed by atoms with Crippen LogP contribution < -0.4 is 9.47 Å². The molecule has 3 heteroatoms. The Morgan fingerprint density at radius 2 is 2.14 bits per heavy atom. The quantitative estimate of drug-likeness (QED) is 0.735. The summed E-state index contributed by atoms with van der Waals surface area (Å²) in [7, 11) is 1.69. The van der Waals surface area contributed by atoms with Crippen LogP contribution in [-0.4, -0.2) is 26.4 Å². The van der Waals surface area contributed by atoms with Crippen LogP contribution >= 0.6 is 0 Å². The van der Waals surface area contributed by atoms with E-state index in [2.05, 4.69) is 0 Å². The lowest BCUT2D eigenvalue weighted by Gasteiger charge is -2.26. The number of methoxy groups -OCH3 is 1. The lowest BCUT2D eigenvalue weighted by atomic mass is 10.2. The number of hydrogen-bond donors (Lipinski definition) is 0. The summed E-state index contributed by atoms with van der Waals surface area (Å²) in [6.45, 7) is 1.32. The molecule has 0 aliphatic carbocycles. The van der Waals surface area contributed by atoms with Crippen molar-refractivity contribution in [3.05, 3.63) is 24.3 Å². The van der Waals surface area contributed by atoms with E-state index < -0.39 is 0 Å². The molecule has 14 heavy (non-hydrogen) atoms. The number of para-hydroxylation sites is 2. The van der Waals surface area contributed by atoms with Gasteiger partial charge in [0.1, 0.15) is 12.7 Å². The molecule has 1 unspecified atom stereocenters. The van der Waals surface area contributed by atoms with Crippen molar-refractivity contribution in [3.63, 3.8) is 0 Å². The Morgan fingerprint density at radius 1 is 1.36 bits per heavy atom. The van der Waals surface area contributed by atoms with E-state index >= 15 is 0 Å². The lowest BCUT2D eigenvalue weighted by molar-refractivity contribution is 0.0613. The zero-order chi connectivity index (χ0) is 9.80. The smallest absolute Gasteiger partial charge is 0.161 e. The first-order valence-electron chi connectivity index (χ1n) is 4.77. The fraction of sp³-hybridized carbons (Fsp3) is 0.455. The fourth-order valence-electron chi connectivity index (χ4n) is 1.45. The summed E-state index contributed by atoms with van der Waals surface area (Å²) in [4.78, 5) is 0. The van der Waals surface area contributed by atoms with E-state index in [9.17, 15) is 0 Å². The number of hydrogen-bond acceptors (Lipinski definition) is 3. The average Bonchev–Trinajstić information content (AvgIpc) is 2.26. The highest BCUT2D eigenvalue weighted by molar-refractivity contribution is 5.40. The second-order valence-electron chi connectivity index (χ2n) is 3.28. The van der Waals surface area contributed by atoms with Gasteiger partial charge in [0.15, 0.2) is 11.5 Å². The van der Waals surface area contributed by atoms with E-state index in [1.165, 1.54) is 0 Å². The molecule has 0 saturated carbocycles. The Morgan fingerprint density at radius 3 is 2.93 bits per heavy atom. The minimum atomic E-state index is 0.116. The van der Waals surface area contributed by atoms with Crippen molar-refractivity contribution in [3.8, 4) is 11.5 Å². The van der Waals surface area contributed by atoms with Crippen molar-refractivity contribution in [2.45, 2.75) is 12.5 Å². The van der Waals surface area contributed by atoms with Gasteiger partial charge in [-0.2, -0.15) is 0 Å². The lowest BCUT2D eigenvalue weighted by Crippen LogP contribution is -2.30. The largest absolute Gasteiger partial charge is 0.486 e. The first-order chi connectivity index (χ1) is 6.90. The highest BCUT2D eigenvalue weighted by Gasteiger charge is 2.19. The van der Waals surface area contributed by atoms with E-state index in [0.717, 1.165) is 17.9 Å². The second-order valence-corrected chi connectivity index (χ2v) is 3.28. The highest BCUT2D eigenvalue weighted by atomic mass is 16.6. The number of fused-ring (bicyclic) bond motifs is 1. The maximum atomic E-state index is 5.73. The predicted molar refractivity (Wildman–Crippen MR) is 52.8 cm³/mol. The maximum Gasteiger partial charge on any atom is 0.161 e. The summed E-state index contributed by atoms with van der Waals surface area (Å²) in [6, 6.07) is 7.73. The molecule has 1 aliphatic heterocycles. The summed E-state index contributed by atoms with van der Waals surface area (Å²) in [6.07, 6.45) is 0.982. The van der Waals surface area contributed by atoms with E-state index in [4.69, 9.17) is 14.2 Å². The molecule has 76 valence electrons. The first kappa shape index (κ1) is 9.34. The maximum absolute atomic E-state index is 5.73. The molecule has 3 nitrogen and oxygen atoms in total. The summed E-state index contributed by atoms with van der Waals surface area (Å²) in [5.74, 6) is 1.67. The van der Waals surface area contributed by atoms with Crippen molar-refractivity contribution in [1.29, 1.82) is 0 Å². The third-order valence-corrected chi connectivity index (χ3v) is 2.21. The molecule has 1 aromatic rings. The Labute approximate surface area is 83.6 Å². The van der Waals surface area contributed by atoms with Crippen LogP contribution in [0.4, 0.5) is 0 Å². The van der Waals surface area contributed by atoms with Gasteiger partial charge in [0.25, 0.3) is 0 Å². The van der Waals surface area contributed by atoms with Crippen LogP contribution in [0.5, 0.6) is 11.5 Å². The molecule has 1 aromatic carbocycles. The van der Waals surface area contributed by atoms with Gasteiger partial charge in [-0.1, -0.05) is 12.1 Å². The van der Waals surface area contributed by atoms with Crippen LogP contribution in [-0.2, 0) is 4.74 Å². The standard InChI is InChI=1S/C11H14O3/c1-12-7-6-9-8-13-10-4-2-3-5-11(10)14-9/h2-5,9H,6-8H2,1H3. The molecule has 0 N–H and O–H groups in total. The molecule has 0 amide bonds. The van der Waals surface area contributed by atoms with Crippen molar-refractivity contribution < 1.29 is 14.2 Å². The monoisotopic (exact) mass is 194 g/mol. The zero-order valence-electron chi connectivity index (χ0n) is 8.23. The molecule has 0 fully saturated rings. The zero-order valence-corrected chi connectivity index (χ0v) is 8.23. The molecule has 1 aliphatic rings. The second kappa shape index (κ2) is 4.33. The summed E-state index contributed by atoms with van der Waals surface area (Å²) >= 11 is 0. The van der Waals surface area contributed by atoms with Gasteiger partial charge in [-0.15, -0.1) is 0 Å². The van der Waals surface area contributed by atoms with Gasteiger partial charge in [-0.05, 0) is 12.1 Å². The molecule has 0 spiro atoms. The number of ether oxygens (including phenoxy) is 3. The molecule has 1 atom stereocenters. The van der Waals surface area contributed by atoms with Crippen molar-refractivity contribution in [2.24, 2.45) is 0 Å². The molecular weight excluding hydrogens is 180 g/mol. The van der Waals surface area contributed by atoms with Crippen molar-refractivity contribution in [1.82, 2.24) is 0 Å². The van der Waals surface area contributed by atoms with Gasteiger partial charge in [-0.25, -0.2) is 0 Å². The van der Waals surface area contributed by atoms with Gasteiger partial charge >= 0.3 is 0 Å². The third kappa shape index (κ3) is 1.99. The van der Waals surface area contributed by atoms with Crippen LogP contribution in [0.25, 0.3) is 0 Å². The molecule has 0 saturated heterocycles. The van der Waals surface area contributed by atoms with Crippen LogP contribution in [0.2, 0.25) is 0 Å². The summed E-state index contributed by atoms with van der Waals surface area (Å²) < 4.78 is 16.3. The Kier molecular flexibility index (Phi) is 2.89. The summed E-state index contributed by atoms with van der Waals surface area (Å²) in [5, 5.41) is 0. The van der Waals surface area contributed by atoms with Crippen LogP contribution in [0.15, 0.2) is 24.3 Å².